The van der Waals surface area contributed by atoms with Crippen molar-refractivity contribution >= 4 is 17.6 Å². The van der Waals surface area contributed by atoms with E-state index in [-0.39, 0.29) is 0 Å². The van der Waals surface area contributed by atoms with E-state index >= 15 is 0 Å². The highest BCUT2D eigenvalue weighted by molar-refractivity contribution is 5.80. The Hall–Kier alpha value is -2.68. The normalized spacial score (nSPS) is 17.8. The first kappa shape index (κ1) is 21.5. The molecule has 0 bridgehead atoms. The zero-order valence-corrected chi connectivity index (χ0v) is 18.1. The fourth-order valence-corrected chi connectivity index (χ4v) is 3.65. The fourth-order valence-electron chi connectivity index (χ4n) is 3.65. The second kappa shape index (κ2) is 11.1. The van der Waals surface area contributed by atoms with E-state index in [1.165, 1.54) is 5.56 Å². The van der Waals surface area contributed by atoms with Gasteiger partial charge in [-0.2, -0.15) is 5.10 Å². The lowest BCUT2D eigenvalue weighted by molar-refractivity contribution is 0.0320. The number of aromatic nitrogens is 1. The van der Waals surface area contributed by atoms with Gasteiger partial charge >= 0.3 is 0 Å². The number of benzene rings is 1. The predicted molar refractivity (Wildman–Crippen MR) is 122 cm³/mol. The van der Waals surface area contributed by atoms with Crippen molar-refractivity contribution in [2.24, 2.45) is 5.10 Å². The van der Waals surface area contributed by atoms with Crippen molar-refractivity contribution in [3.05, 3.63) is 47.7 Å². The van der Waals surface area contributed by atoms with Gasteiger partial charge in [-0.15, -0.1) is 0 Å². The Bertz CT molecular complexity index is 864. The monoisotopic (exact) mass is 425 g/mol. The summed E-state index contributed by atoms with van der Waals surface area (Å²) in [7, 11) is 0. The SMILES string of the molecule is Cc1cccc(NN=Cc2cc(N3CCOCC3)cc(OCCN3CCOCC3)n2)c1. The number of nitrogens with one attached hydrogen (secondary N) is 1. The summed E-state index contributed by atoms with van der Waals surface area (Å²) >= 11 is 0. The second-order valence-corrected chi connectivity index (χ2v) is 7.73. The number of rotatable bonds is 8. The van der Waals surface area contributed by atoms with E-state index in [0.29, 0.717) is 12.5 Å². The molecule has 8 heteroatoms. The third-order valence-electron chi connectivity index (χ3n) is 5.35. The maximum absolute atomic E-state index is 6.03. The first-order valence-corrected chi connectivity index (χ1v) is 10.9. The maximum atomic E-state index is 6.03. The second-order valence-electron chi connectivity index (χ2n) is 7.73. The van der Waals surface area contributed by atoms with Crippen molar-refractivity contribution in [2.75, 3.05) is 76.1 Å². The lowest BCUT2D eigenvalue weighted by Crippen LogP contribution is -2.38. The lowest BCUT2D eigenvalue weighted by atomic mass is 10.2. The van der Waals surface area contributed by atoms with Gasteiger partial charge in [0.05, 0.1) is 44.0 Å². The first-order valence-electron chi connectivity index (χ1n) is 10.9. The number of nitrogens with zero attached hydrogens (tertiary/aromatic N) is 4. The highest BCUT2D eigenvalue weighted by atomic mass is 16.5. The summed E-state index contributed by atoms with van der Waals surface area (Å²) in [4.78, 5) is 9.29. The van der Waals surface area contributed by atoms with Crippen molar-refractivity contribution in [1.82, 2.24) is 9.88 Å². The number of anilines is 2. The van der Waals surface area contributed by atoms with Gasteiger partial charge in [0, 0.05) is 44.5 Å². The maximum Gasteiger partial charge on any atom is 0.215 e. The molecule has 0 amide bonds. The van der Waals surface area contributed by atoms with Crippen molar-refractivity contribution in [3.8, 4) is 5.88 Å². The van der Waals surface area contributed by atoms with Crippen molar-refractivity contribution in [2.45, 2.75) is 6.92 Å². The van der Waals surface area contributed by atoms with Crippen LogP contribution in [0.5, 0.6) is 5.88 Å². The number of hydrogen-bond donors (Lipinski definition) is 1. The predicted octanol–water partition coefficient (Wildman–Crippen LogP) is 2.38. The molecule has 0 unspecified atom stereocenters. The average Bonchev–Trinajstić information content (AvgIpc) is 2.80. The van der Waals surface area contributed by atoms with Gasteiger partial charge in [-0.25, -0.2) is 4.98 Å². The highest BCUT2D eigenvalue weighted by Gasteiger charge is 2.15. The van der Waals surface area contributed by atoms with Crippen LogP contribution in [0, 0.1) is 6.92 Å². The summed E-state index contributed by atoms with van der Waals surface area (Å²) in [5, 5.41) is 4.38. The molecule has 0 aliphatic carbocycles. The topological polar surface area (TPSA) is 71.5 Å². The Balaban J connectivity index is 1.43. The third-order valence-corrected chi connectivity index (χ3v) is 5.35. The largest absolute Gasteiger partial charge is 0.476 e. The molecule has 1 aromatic carbocycles. The van der Waals surface area contributed by atoms with Gasteiger partial charge in [0.2, 0.25) is 5.88 Å². The minimum atomic E-state index is 0.595. The molecular formula is C23H31N5O3. The van der Waals surface area contributed by atoms with Gasteiger partial charge in [0.25, 0.3) is 0 Å². The molecule has 0 atom stereocenters. The standard InChI is InChI=1S/C23H31N5O3/c1-19-3-2-4-20(15-19)26-24-18-21-16-22(28-8-12-30-13-9-28)17-23(25-21)31-14-7-27-5-10-29-11-6-27/h2-4,15-18,26H,5-14H2,1H3. The summed E-state index contributed by atoms with van der Waals surface area (Å²) < 4.78 is 16.9. The minimum Gasteiger partial charge on any atom is -0.476 e. The Morgan fingerprint density at radius 1 is 1.06 bits per heavy atom. The molecule has 0 saturated carbocycles. The van der Waals surface area contributed by atoms with E-state index in [0.717, 1.165) is 76.2 Å². The molecule has 0 radical (unpaired) electrons. The van der Waals surface area contributed by atoms with E-state index in [2.05, 4.69) is 44.4 Å². The van der Waals surface area contributed by atoms with Crippen molar-refractivity contribution in [3.63, 3.8) is 0 Å². The zero-order valence-electron chi connectivity index (χ0n) is 18.1. The van der Waals surface area contributed by atoms with Gasteiger partial charge < -0.3 is 19.1 Å². The Labute approximate surface area is 183 Å². The van der Waals surface area contributed by atoms with Crippen LogP contribution in [-0.4, -0.2) is 81.9 Å². The van der Waals surface area contributed by atoms with E-state index in [1.807, 2.05) is 24.3 Å². The van der Waals surface area contributed by atoms with Crippen LogP contribution >= 0.6 is 0 Å². The fraction of sp³-hybridized carbons (Fsp3) is 0.478. The quantitative estimate of drug-likeness (QED) is 0.514. The molecule has 2 aliphatic rings. The number of hydrogen-bond acceptors (Lipinski definition) is 8. The zero-order chi connectivity index (χ0) is 21.3. The molecule has 2 fully saturated rings. The third kappa shape index (κ3) is 6.65. The highest BCUT2D eigenvalue weighted by Crippen LogP contribution is 2.22. The van der Waals surface area contributed by atoms with Gasteiger partial charge in [-0.3, -0.25) is 10.3 Å². The van der Waals surface area contributed by atoms with Gasteiger partial charge in [0.15, 0.2) is 0 Å². The van der Waals surface area contributed by atoms with Crippen LogP contribution in [0.15, 0.2) is 41.5 Å². The first-order chi connectivity index (χ1) is 15.3. The van der Waals surface area contributed by atoms with Crippen LogP contribution in [0.1, 0.15) is 11.3 Å². The van der Waals surface area contributed by atoms with E-state index in [9.17, 15) is 0 Å². The van der Waals surface area contributed by atoms with Gasteiger partial charge in [-0.05, 0) is 30.7 Å². The van der Waals surface area contributed by atoms with E-state index in [1.54, 1.807) is 6.21 Å². The Kier molecular flexibility index (Phi) is 7.71. The van der Waals surface area contributed by atoms with Gasteiger partial charge in [0.1, 0.15) is 6.61 Å². The van der Waals surface area contributed by atoms with Crippen LogP contribution in [0.4, 0.5) is 11.4 Å². The van der Waals surface area contributed by atoms with Crippen molar-refractivity contribution in [1.29, 1.82) is 0 Å². The summed E-state index contributed by atoms with van der Waals surface area (Å²) in [6, 6.07) is 12.2. The van der Waals surface area contributed by atoms with Gasteiger partial charge in [-0.1, -0.05) is 12.1 Å². The minimum absolute atomic E-state index is 0.595. The Morgan fingerprint density at radius 3 is 2.61 bits per heavy atom. The molecule has 31 heavy (non-hydrogen) atoms. The Morgan fingerprint density at radius 2 is 1.84 bits per heavy atom. The van der Waals surface area contributed by atoms with Crippen molar-refractivity contribution < 1.29 is 14.2 Å². The molecule has 4 rings (SSSR count). The molecule has 2 aliphatic heterocycles. The van der Waals surface area contributed by atoms with Crippen LogP contribution < -0.4 is 15.1 Å². The number of ether oxygens (including phenoxy) is 3. The van der Waals surface area contributed by atoms with Crippen LogP contribution in [0.25, 0.3) is 0 Å². The van der Waals surface area contributed by atoms with E-state index in [4.69, 9.17) is 14.2 Å². The van der Waals surface area contributed by atoms with Crippen LogP contribution in [0.2, 0.25) is 0 Å². The summed E-state index contributed by atoms with van der Waals surface area (Å²) in [6.07, 6.45) is 1.74. The number of aryl methyl sites for hydroxylation is 1. The molecule has 3 heterocycles. The lowest BCUT2D eigenvalue weighted by Gasteiger charge is -2.29. The number of pyridine rings is 1. The molecule has 1 N–H and O–H groups in total. The molecule has 2 saturated heterocycles. The molecule has 0 spiro atoms. The molecule has 2 aromatic rings. The summed E-state index contributed by atoms with van der Waals surface area (Å²) in [5.74, 6) is 0.620. The van der Waals surface area contributed by atoms with Crippen LogP contribution in [0.3, 0.4) is 0 Å². The number of hydrazone groups is 1. The summed E-state index contributed by atoms with van der Waals surface area (Å²) in [6.45, 7) is 10.2. The average molecular weight is 426 g/mol. The molecule has 1 aromatic heterocycles. The molecule has 166 valence electrons. The summed E-state index contributed by atoms with van der Waals surface area (Å²) in [5.41, 5.74) is 7.04. The van der Waals surface area contributed by atoms with E-state index < -0.39 is 0 Å². The molecular weight excluding hydrogens is 394 g/mol. The van der Waals surface area contributed by atoms with Crippen LogP contribution in [-0.2, 0) is 9.47 Å². The number of morpholine rings is 2. The smallest absolute Gasteiger partial charge is 0.215 e. The molecule has 8 nitrogen and oxygen atoms in total.